The summed E-state index contributed by atoms with van der Waals surface area (Å²) in [6, 6.07) is 0. The molecule has 0 saturated carbocycles. The van der Waals surface area contributed by atoms with Gasteiger partial charge in [0, 0.05) is 6.54 Å². The molecule has 0 bridgehead atoms. The molecule has 0 aliphatic rings. The number of esters is 1. The van der Waals surface area contributed by atoms with Crippen LogP contribution in [-0.4, -0.2) is 29.8 Å². The standard InChI is InChI=1S/C10H17N3O3/c1-7-12-8(16-13-7)5-11-6-10(2,3)9(14)15-4/h11H,5-6H2,1-4H3. The molecule has 0 aliphatic heterocycles. The normalized spacial score (nSPS) is 11.5. The van der Waals surface area contributed by atoms with Gasteiger partial charge in [0.15, 0.2) is 5.82 Å². The van der Waals surface area contributed by atoms with Crippen LogP contribution in [0.15, 0.2) is 4.52 Å². The summed E-state index contributed by atoms with van der Waals surface area (Å²) in [6.45, 7) is 6.31. The van der Waals surface area contributed by atoms with Gasteiger partial charge in [-0.05, 0) is 20.8 Å². The molecule has 0 amide bonds. The van der Waals surface area contributed by atoms with Crippen LogP contribution in [0.4, 0.5) is 0 Å². The van der Waals surface area contributed by atoms with Gasteiger partial charge in [-0.2, -0.15) is 4.98 Å². The maximum Gasteiger partial charge on any atom is 0.312 e. The second kappa shape index (κ2) is 5.07. The molecular weight excluding hydrogens is 210 g/mol. The Morgan fingerprint density at radius 2 is 2.25 bits per heavy atom. The highest BCUT2D eigenvalue weighted by molar-refractivity contribution is 5.75. The Bertz CT molecular complexity index is 360. The largest absolute Gasteiger partial charge is 0.469 e. The number of nitrogens with one attached hydrogen (secondary N) is 1. The molecule has 1 aromatic heterocycles. The molecule has 0 spiro atoms. The topological polar surface area (TPSA) is 77.2 Å². The predicted octanol–water partition coefficient (Wildman–Crippen LogP) is 0.667. The maximum atomic E-state index is 11.4. The van der Waals surface area contributed by atoms with Gasteiger partial charge < -0.3 is 14.6 Å². The van der Waals surface area contributed by atoms with Crippen LogP contribution < -0.4 is 5.32 Å². The zero-order chi connectivity index (χ0) is 12.2. The summed E-state index contributed by atoms with van der Waals surface area (Å²) in [5.41, 5.74) is -0.566. The number of ether oxygens (including phenoxy) is 1. The minimum absolute atomic E-state index is 0.248. The summed E-state index contributed by atoms with van der Waals surface area (Å²) in [5, 5.41) is 6.74. The highest BCUT2D eigenvalue weighted by atomic mass is 16.5. The molecule has 0 saturated heterocycles. The molecule has 0 fully saturated rings. The van der Waals surface area contributed by atoms with E-state index in [0.717, 1.165) is 0 Å². The van der Waals surface area contributed by atoms with Crippen LogP contribution in [0.1, 0.15) is 25.6 Å². The van der Waals surface area contributed by atoms with E-state index in [9.17, 15) is 4.79 Å². The van der Waals surface area contributed by atoms with Gasteiger partial charge in [0.05, 0.1) is 19.1 Å². The third kappa shape index (κ3) is 3.30. The number of nitrogens with zero attached hydrogens (tertiary/aromatic N) is 2. The average Bonchev–Trinajstić information content (AvgIpc) is 2.62. The number of rotatable bonds is 5. The Balaban J connectivity index is 2.38. The number of aromatic nitrogens is 2. The number of hydrogen-bond acceptors (Lipinski definition) is 6. The summed E-state index contributed by atoms with van der Waals surface area (Å²) >= 11 is 0. The minimum Gasteiger partial charge on any atom is -0.469 e. The monoisotopic (exact) mass is 227 g/mol. The van der Waals surface area contributed by atoms with Crippen molar-refractivity contribution in [2.75, 3.05) is 13.7 Å². The van der Waals surface area contributed by atoms with Crippen LogP contribution in [0, 0.1) is 12.3 Å². The average molecular weight is 227 g/mol. The molecule has 1 aromatic rings. The Morgan fingerprint density at radius 3 is 2.75 bits per heavy atom. The van der Waals surface area contributed by atoms with Gasteiger partial charge in [-0.15, -0.1) is 0 Å². The van der Waals surface area contributed by atoms with Crippen molar-refractivity contribution in [3.8, 4) is 0 Å². The first-order valence-electron chi connectivity index (χ1n) is 5.04. The molecule has 0 unspecified atom stereocenters. The van der Waals surface area contributed by atoms with E-state index in [-0.39, 0.29) is 5.97 Å². The predicted molar refractivity (Wildman–Crippen MR) is 56.5 cm³/mol. The molecule has 6 nitrogen and oxygen atoms in total. The summed E-state index contributed by atoms with van der Waals surface area (Å²) in [6.07, 6.45) is 0. The highest BCUT2D eigenvalue weighted by Gasteiger charge is 2.28. The summed E-state index contributed by atoms with van der Waals surface area (Å²) in [7, 11) is 1.38. The molecule has 0 atom stereocenters. The lowest BCUT2D eigenvalue weighted by Crippen LogP contribution is -2.36. The van der Waals surface area contributed by atoms with Crippen molar-refractivity contribution in [2.24, 2.45) is 5.41 Å². The first kappa shape index (κ1) is 12.6. The number of methoxy groups -OCH3 is 1. The van der Waals surface area contributed by atoms with Gasteiger partial charge in [-0.3, -0.25) is 4.79 Å². The lowest BCUT2D eigenvalue weighted by Gasteiger charge is -2.21. The van der Waals surface area contributed by atoms with Crippen LogP contribution in [0.5, 0.6) is 0 Å². The van der Waals surface area contributed by atoms with Crippen molar-refractivity contribution in [1.29, 1.82) is 0 Å². The van der Waals surface area contributed by atoms with Gasteiger partial charge in [0.25, 0.3) is 0 Å². The number of carbonyl (C=O) groups excluding carboxylic acids is 1. The fraction of sp³-hybridized carbons (Fsp3) is 0.700. The van der Waals surface area contributed by atoms with Gasteiger partial charge >= 0.3 is 5.97 Å². The van der Waals surface area contributed by atoms with Gasteiger partial charge in [-0.25, -0.2) is 0 Å². The molecule has 1 N–H and O–H groups in total. The van der Waals surface area contributed by atoms with E-state index in [4.69, 9.17) is 9.26 Å². The lowest BCUT2D eigenvalue weighted by atomic mass is 9.94. The molecule has 0 radical (unpaired) electrons. The van der Waals surface area contributed by atoms with Crippen molar-refractivity contribution < 1.29 is 14.1 Å². The van der Waals surface area contributed by atoms with E-state index in [1.165, 1.54) is 7.11 Å². The highest BCUT2D eigenvalue weighted by Crippen LogP contribution is 2.15. The quantitative estimate of drug-likeness (QED) is 0.745. The third-order valence-corrected chi connectivity index (χ3v) is 2.15. The number of aryl methyl sites for hydroxylation is 1. The molecule has 16 heavy (non-hydrogen) atoms. The van der Waals surface area contributed by atoms with E-state index in [1.54, 1.807) is 6.92 Å². The molecular formula is C10H17N3O3. The fourth-order valence-corrected chi connectivity index (χ4v) is 1.24. The zero-order valence-corrected chi connectivity index (χ0v) is 10.0. The first-order chi connectivity index (χ1) is 7.45. The Morgan fingerprint density at radius 1 is 1.56 bits per heavy atom. The van der Waals surface area contributed by atoms with Crippen LogP contribution >= 0.6 is 0 Å². The number of hydrogen-bond donors (Lipinski definition) is 1. The number of carbonyl (C=O) groups is 1. The van der Waals surface area contributed by atoms with E-state index in [2.05, 4.69) is 15.5 Å². The van der Waals surface area contributed by atoms with Gasteiger partial charge in [0.2, 0.25) is 5.89 Å². The van der Waals surface area contributed by atoms with Crippen molar-refractivity contribution >= 4 is 5.97 Å². The Labute approximate surface area is 94.4 Å². The third-order valence-electron chi connectivity index (χ3n) is 2.15. The Kier molecular flexibility index (Phi) is 4.00. The van der Waals surface area contributed by atoms with Gasteiger partial charge in [-0.1, -0.05) is 5.16 Å². The van der Waals surface area contributed by atoms with Crippen LogP contribution in [0.25, 0.3) is 0 Å². The summed E-state index contributed by atoms with van der Waals surface area (Å²) in [4.78, 5) is 15.4. The molecule has 1 rings (SSSR count). The molecule has 90 valence electrons. The fourth-order valence-electron chi connectivity index (χ4n) is 1.24. The van der Waals surface area contributed by atoms with Crippen molar-refractivity contribution in [1.82, 2.24) is 15.5 Å². The van der Waals surface area contributed by atoms with Crippen LogP contribution in [0.3, 0.4) is 0 Å². The lowest BCUT2D eigenvalue weighted by molar-refractivity contribution is -0.150. The van der Waals surface area contributed by atoms with Crippen molar-refractivity contribution in [2.45, 2.75) is 27.3 Å². The van der Waals surface area contributed by atoms with Gasteiger partial charge in [0.1, 0.15) is 0 Å². The SMILES string of the molecule is COC(=O)C(C)(C)CNCc1nc(C)no1. The summed E-state index contributed by atoms with van der Waals surface area (Å²) < 4.78 is 9.62. The van der Waals surface area contributed by atoms with Crippen molar-refractivity contribution in [3.63, 3.8) is 0 Å². The van der Waals surface area contributed by atoms with Crippen LogP contribution in [-0.2, 0) is 16.1 Å². The molecule has 6 heteroatoms. The molecule has 1 heterocycles. The van der Waals surface area contributed by atoms with E-state index >= 15 is 0 Å². The minimum atomic E-state index is -0.566. The molecule has 0 aliphatic carbocycles. The van der Waals surface area contributed by atoms with E-state index < -0.39 is 5.41 Å². The zero-order valence-electron chi connectivity index (χ0n) is 10.0. The second-order valence-corrected chi connectivity index (χ2v) is 4.21. The maximum absolute atomic E-state index is 11.4. The van der Waals surface area contributed by atoms with E-state index in [1.807, 2.05) is 13.8 Å². The van der Waals surface area contributed by atoms with Crippen LogP contribution in [0.2, 0.25) is 0 Å². The first-order valence-corrected chi connectivity index (χ1v) is 5.04. The Hall–Kier alpha value is -1.43. The molecule has 0 aromatic carbocycles. The van der Waals surface area contributed by atoms with E-state index in [0.29, 0.717) is 24.8 Å². The smallest absolute Gasteiger partial charge is 0.312 e. The van der Waals surface area contributed by atoms with Crippen molar-refractivity contribution in [3.05, 3.63) is 11.7 Å². The summed E-state index contributed by atoms with van der Waals surface area (Å²) in [5.74, 6) is 0.865. The second-order valence-electron chi connectivity index (χ2n) is 4.21.